The number of para-hydroxylation sites is 2. The summed E-state index contributed by atoms with van der Waals surface area (Å²) in [4.78, 5) is 4.74. The van der Waals surface area contributed by atoms with Crippen LogP contribution in [0, 0.1) is 0 Å². The normalized spacial score (nSPS) is 12.6. The molecule has 0 aliphatic carbocycles. The Morgan fingerprint density at radius 1 is 1.21 bits per heavy atom. The number of imidazole rings is 2. The van der Waals surface area contributed by atoms with E-state index in [1.807, 2.05) is 18.2 Å². The van der Waals surface area contributed by atoms with Crippen LogP contribution in [0.1, 0.15) is 26.5 Å². The topological polar surface area (TPSA) is 22.2 Å². The molecule has 0 atom stereocenters. The van der Waals surface area contributed by atoms with E-state index in [9.17, 15) is 0 Å². The van der Waals surface area contributed by atoms with E-state index in [0.29, 0.717) is 5.88 Å². The first-order valence-corrected chi connectivity index (χ1v) is 7.08. The third-order valence-electron chi connectivity index (χ3n) is 3.44. The van der Waals surface area contributed by atoms with Gasteiger partial charge < -0.3 is 4.57 Å². The molecule has 4 heteroatoms. The molecular formula is C15H18ClN3. The molecule has 0 bridgehead atoms. The molecule has 0 radical (unpaired) electrons. The number of benzene rings is 1. The maximum Gasteiger partial charge on any atom is 0.215 e. The van der Waals surface area contributed by atoms with Crippen LogP contribution in [0.5, 0.6) is 0 Å². The Hall–Kier alpha value is -1.48. The standard InChI is InChI=1S/C15H18ClN3/c1-15(2,3)13-10-19-12-7-5-4-6-11(12)17-14(19)18(13)9-8-16/h4-7,10H,8-9H2,1-3H3. The summed E-state index contributed by atoms with van der Waals surface area (Å²) in [6, 6.07) is 8.22. The zero-order valence-electron chi connectivity index (χ0n) is 11.5. The fourth-order valence-corrected chi connectivity index (χ4v) is 2.72. The lowest BCUT2D eigenvalue weighted by molar-refractivity contribution is 0.531. The first-order chi connectivity index (χ1) is 9.02. The van der Waals surface area contributed by atoms with Crippen molar-refractivity contribution in [2.24, 2.45) is 0 Å². The third kappa shape index (κ3) is 1.93. The van der Waals surface area contributed by atoms with E-state index in [-0.39, 0.29) is 5.41 Å². The van der Waals surface area contributed by atoms with Gasteiger partial charge in [-0.3, -0.25) is 4.40 Å². The average molecular weight is 276 g/mol. The fraction of sp³-hybridized carbons (Fsp3) is 0.400. The molecule has 2 aromatic heterocycles. The summed E-state index contributed by atoms with van der Waals surface area (Å²) in [6.45, 7) is 7.44. The van der Waals surface area contributed by atoms with Crippen LogP contribution in [0.15, 0.2) is 30.5 Å². The zero-order chi connectivity index (χ0) is 13.6. The molecule has 0 aliphatic rings. The lowest BCUT2D eigenvalue weighted by Crippen LogP contribution is -2.18. The van der Waals surface area contributed by atoms with Gasteiger partial charge in [-0.15, -0.1) is 11.6 Å². The van der Waals surface area contributed by atoms with Crippen molar-refractivity contribution >= 4 is 28.4 Å². The average Bonchev–Trinajstić information content (AvgIpc) is 2.86. The van der Waals surface area contributed by atoms with Crippen LogP contribution < -0.4 is 0 Å². The predicted octanol–water partition coefficient (Wildman–Crippen LogP) is 3.83. The van der Waals surface area contributed by atoms with Gasteiger partial charge in [0.25, 0.3) is 0 Å². The summed E-state index contributed by atoms with van der Waals surface area (Å²) < 4.78 is 4.40. The molecule has 0 fully saturated rings. The van der Waals surface area contributed by atoms with Crippen LogP contribution in [0.4, 0.5) is 0 Å². The summed E-state index contributed by atoms with van der Waals surface area (Å²) in [6.07, 6.45) is 2.19. The summed E-state index contributed by atoms with van der Waals surface area (Å²) in [5.41, 5.74) is 3.52. The first kappa shape index (κ1) is 12.5. The lowest BCUT2D eigenvalue weighted by Gasteiger charge is -2.20. The van der Waals surface area contributed by atoms with Crippen LogP contribution >= 0.6 is 11.6 Å². The minimum Gasteiger partial charge on any atom is -0.312 e. The number of rotatable bonds is 2. The van der Waals surface area contributed by atoms with Crippen molar-refractivity contribution in [3.63, 3.8) is 0 Å². The highest BCUT2D eigenvalue weighted by atomic mass is 35.5. The zero-order valence-corrected chi connectivity index (χ0v) is 12.3. The molecule has 0 N–H and O–H groups in total. The monoisotopic (exact) mass is 275 g/mol. The van der Waals surface area contributed by atoms with Gasteiger partial charge in [-0.25, -0.2) is 4.98 Å². The second kappa shape index (κ2) is 4.27. The molecule has 2 heterocycles. The molecule has 0 aliphatic heterocycles. The summed E-state index contributed by atoms with van der Waals surface area (Å²) >= 11 is 5.96. The molecule has 0 amide bonds. The molecule has 3 rings (SSSR count). The molecule has 1 aromatic carbocycles. The van der Waals surface area contributed by atoms with E-state index in [0.717, 1.165) is 23.4 Å². The van der Waals surface area contributed by atoms with Crippen LogP contribution in [0.25, 0.3) is 16.8 Å². The second-order valence-electron chi connectivity index (χ2n) is 5.88. The maximum atomic E-state index is 5.96. The van der Waals surface area contributed by atoms with E-state index in [2.05, 4.69) is 42.0 Å². The van der Waals surface area contributed by atoms with Crippen LogP contribution in [0.2, 0.25) is 0 Å². The third-order valence-corrected chi connectivity index (χ3v) is 3.61. The van der Waals surface area contributed by atoms with Crippen molar-refractivity contribution in [3.05, 3.63) is 36.2 Å². The van der Waals surface area contributed by atoms with Gasteiger partial charge in [0.2, 0.25) is 5.78 Å². The number of halogens is 1. The maximum absolute atomic E-state index is 5.96. The molecule has 0 saturated heterocycles. The van der Waals surface area contributed by atoms with E-state index >= 15 is 0 Å². The van der Waals surface area contributed by atoms with Crippen LogP contribution in [0.3, 0.4) is 0 Å². The number of aromatic nitrogens is 3. The summed E-state index contributed by atoms with van der Waals surface area (Å²) in [5.74, 6) is 1.57. The van der Waals surface area contributed by atoms with Gasteiger partial charge in [0.1, 0.15) is 0 Å². The van der Waals surface area contributed by atoms with Gasteiger partial charge in [0.05, 0.1) is 11.0 Å². The van der Waals surface area contributed by atoms with Gasteiger partial charge in [-0.2, -0.15) is 0 Å². The molecule has 0 unspecified atom stereocenters. The molecule has 100 valence electrons. The Balaban J connectivity index is 2.36. The highest BCUT2D eigenvalue weighted by Crippen LogP contribution is 2.27. The van der Waals surface area contributed by atoms with Crippen molar-refractivity contribution in [2.45, 2.75) is 32.7 Å². The SMILES string of the molecule is CC(C)(C)c1cn2c3ccccc3nc2n1CCCl. The Morgan fingerprint density at radius 3 is 2.63 bits per heavy atom. The number of alkyl halides is 1. The van der Waals surface area contributed by atoms with Crippen molar-refractivity contribution < 1.29 is 0 Å². The Kier molecular flexibility index (Phi) is 2.82. The highest BCUT2D eigenvalue weighted by Gasteiger charge is 2.22. The molecule has 3 aromatic rings. The minimum absolute atomic E-state index is 0.0772. The summed E-state index contributed by atoms with van der Waals surface area (Å²) in [7, 11) is 0. The van der Waals surface area contributed by atoms with Crippen molar-refractivity contribution in [1.29, 1.82) is 0 Å². The van der Waals surface area contributed by atoms with E-state index in [1.54, 1.807) is 0 Å². The molecule has 0 spiro atoms. The number of aryl methyl sites for hydroxylation is 1. The van der Waals surface area contributed by atoms with Crippen LogP contribution in [-0.2, 0) is 12.0 Å². The fourth-order valence-electron chi connectivity index (χ4n) is 2.55. The number of fused-ring (bicyclic) bond motifs is 3. The number of hydrogen-bond donors (Lipinski definition) is 0. The Bertz CT molecular complexity index is 731. The Morgan fingerprint density at radius 2 is 1.95 bits per heavy atom. The summed E-state index contributed by atoms with van der Waals surface area (Å²) in [5, 5.41) is 0. The van der Waals surface area contributed by atoms with Crippen molar-refractivity contribution in [1.82, 2.24) is 14.0 Å². The highest BCUT2D eigenvalue weighted by molar-refractivity contribution is 6.17. The molecule has 3 nitrogen and oxygen atoms in total. The van der Waals surface area contributed by atoms with Gasteiger partial charge in [0.15, 0.2) is 0 Å². The van der Waals surface area contributed by atoms with E-state index < -0.39 is 0 Å². The van der Waals surface area contributed by atoms with Crippen molar-refractivity contribution in [3.8, 4) is 0 Å². The smallest absolute Gasteiger partial charge is 0.215 e. The molecule has 19 heavy (non-hydrogen) atoms. The lowest BCUT2D eigenvalue weighted by atomic mass is 9.92. The van der Waals surface area contributed by atoms with Gasteiger partial charge in [-0.05, 0) is 12.1 Å². The quantitative estimate of drug-likeness (QED) is 0.652. The first-order valence-electron chi connectivity index (χ1n) is 6.55. The second-order valence-corrected chi connectivity index (χ2v) is 6.25. The van der Waals surface area contributed by atoms with E-state index in [4.69, 9.17) is 16.6 Å². The number of nitrogens with zero attached hydrogens (tertiary/aromatic N) is 3. The minimum atomic E-state index is 0.0772. The van der Waals surface area contributed by atoms with Gasteiger partial charge >= 0.3 is 0 Å². The molecule has 0 saturated carbocycles. The van der Waals surface area contributed by atoms with E-state index in [1.165, 1.54) is 5.69 Å². The Labute approximate surface area is 117 Å². The number of hydrogen-bond acceptors (Lipinski definition) is 1. The van der Waals surface area contributed by atoms with Crippen LogP contribution in [-0.4, -0.2) is 19.8 Å². The predicted molar refractivity (Wildman–Crippen MR) is 80.1 cm³/mol. The van der Waals surface area contributed by atoms with Gasteiger partial charge in [-0.1, -0.05) is 32.9 Å². The van der Waals surface area contributed by atoms with Gasteiger partial charge in [0, 0.05) is 29.7 Å². The van der Waals surface area contributed by atoms with Crippen molar-refractivity contribution in [2.75, 3.05) is 5.88 Å². The largest absolute Gasteiger partial charge is 0.312 e. The molecular weight excluding hydrogens is 258 g/mol.